The summed E-state index contributed by atoms with van der Waals surface area (Å²) in [7, 11) is 0. The maximum Gasteiger partial charge on any atom is 0.222 e. The minimum absolute atomic E-state index is 0.189. The molecule has 16 heavy (non-hydrogen) atoms. The molecule has 0 saturated carbocycles. The van der Waals surface area contributed by atoms with Crippen molar-refractivity contribution in [3.05, 3.63) is 22.2 Å². The van der Waals surface area contributed by atoms with Gasteiger partial charge >= 0.3 is 0 Å². The Morgan fingerprint density at radius 1 is 1.38 bits per heavy atom. The van der Waals surface area contributed by atoms with Gasteiger partial charge in [-0.2, -0.15) is 0 Å². The number of rotatable bonds is 1. The summed E-state index contributed by atoms with van der Waals surface area (Å²) in [5.74, 6) is -0.236. The number of hydrogen-bond donors (Lipinski definition) is 3. The molecule has 5 nitrogen and oxygen atoms in total. The van der Waals surface area contributed by atoms with Gasteiger partial charge < -0.3 is 20.5 Å². The van der Waals surface area contributed by atoms with Crippen LogP contribution in [0.3, 0.4) is 0 Å². The molecule has 84 valence electrons. The minimum atomic E-state index is -0.234. The van der Waals surface area contributed by atoms with Gasteiger partial charge in [0.2, 0.25) is 5.88 Å². The second kappa shape index (κ2) is 3.71. The van der Waals surface area contributed by atoms with E-state index in [-0.39, 0.29) is 17.4 Å². The quantitative estimate of drug-likeness (QED) is 0.700. The van der Waals surface area contributed by atoms with Crippen LogP contribution in [0.2, 0.25) is 0 Å². The van der Waals surface area contributed by atoms with E-state index in [0.717, 1.165) is 5.56 Å². The van der Waals surface area contributed by atoms with E-state index in [0.29, 0.717) is 15.7 Å². The standard InChI is InChI=1S/C10H9BrN2O3/c1-4-2-6(14)10(15)9(11)8(4)5-3-7(12)16-13-5/h2-3,14-15H,12H2,1H3. The lowest BCUT2D eigenvalue weighted by Crippen LogP contribution is -1.87. The summed E-state index contributed by atoms with van der Waals surface area (Å²) in [5, 5.41) is 22.8. The summed E-state index contributed by atoms with van der Waals surface area (Å²) in [6, 6.07) is 2.99. The second-order valence-electron chi connectivity index (χ2n) is 3.36. The maximum absolute atomic E-state index is 9.59. The molecule has 0 amide bonds. The molecular weight excluding hydrogens is 276 g/mol. The predicted molar refractivity (Wildman–Crippen MR) is 62.1 cm³/mol. The molecule has 0 fully saturated rings. The number of nitrogens with two attached hydrogens (primary N) is 1. The van der Waals surface area contributed by atoms with Crippen LogP contribution in [-0.4, -0.2) is 15.4 Å². The number of nitrogens with zero attached hydrogens (tertiary/aromatic N) is 1. The van der Waals surface area contributed by atoms with Crippen LogP contribution in [0.25, 0.3) is 11.3 Å². The van der Waals surface area contributed by atoms with Crippen molar-refractivity contribution in [3.63, 3.8) is 0 Å². The first-order valence-electron chi connectivity index (χ1n) is 4.44. The molecular formula is C10H9BrN2O3. The molecule has 0 aliphatic heterocycles. The summed E-state index contributed by atoms with van der Waals surface area (Å²) in [4.78, 5) is 0. The lowest BCUT2D eigenvalue weighted by Gasteiger charge is -2.08. The van der Waals surface area contributed by atoms with E-state index >= 15 is 0 Å². The topological polar surface area (TPSA) is 92.5 Å². The molecule has 4 N–H and O–H groups in total. The van der Waals surface area contributed by atoms with Crippen molar-refractivity contribution < 1.29 is 14.7 Å². The zero-order valence-electron chi connectivity index (χ0n) is 8.36. The number of phenolic OH excluding ortho intramolecular Hbond substituents is 2. The molecule has 0 aliphatic rings. The van der Waals surface area contributed by atoms with Crippen LogP contribution in [-0.2, 0) is 0 Å². The molecule has 0 radical (unpaired) electrons. The fourth-order valence-corrected chi connectivity index (χ4v) is 2.19. The molecule has 0 unspecified atom stereocenters. The third-order valence-electron chi connectivity index (χ3n) is 2.20. The van der Waals surface area contributed by atoms with Gasteiger partial charge in [0, 0.05) is 11.6 Å². The van der Waals surface area contributed by atoms with Crippen molar-refractivity contribution in [3.8, 4) is 22.8 Å². The molecule has 1 heterocycles. The van der Waals surface area contributed by atoms with E-state index in [1.54, 1.807) is 13.0 Å². The zero-order valence-corrected chi connectivity index (χ0v) is 9.95. The highest BCUT2D eigenvalue weighted by molar-refractivity contribution is 9.10. The van der Waals surface area contributed by atoms with E-state index < -0.39 is 0 Å². The first-order chi connectivity index (χ1) is 7.50. The average molecular weight is 285 g/mol. The molecule has 6 heteroatoms. The Labute approximate surface area is 99.6 Å². The van der Waals surface area contributed by atoms with Crippen LogP contribution in [0.15, 0.2) is 21.1 Å². The highest BCUT2D eigenvalue weighted by atomic mass is 79.9. The number of anilines is 1. The van der Waals surface area contributed by atoms with E-state index in [1.807, 2.05) is 0 Å². The van der Waals surface area contributed by atoms with E-state index in [9.17, 15) is 10.2 Å². The van der Waals surface area contributed by atoms with Crippen LogP contribution in [0.5, 0.6) is 11.5 Å². The van der Waals surface area contributed by atoms with E-state index in [1.165, 1.54) is 6.07 Å². The number of benzene rings is 1. The third kappa shape index (κ3) is 1.61. The van der Waals surface area contributed by atoms with E-state index in [4.69, 9.17) is 10.3 Å². The van der Waals surface area contributed by atoms with Gasteiger partial charge in [-0.15, -0.1) is 0 Å². The van der Waals surface area contributed by atoms with Crippen molar-refractivity contribution in [2.45, 2.75) is 6.92 Å². The van der Waals surface area contributed by atoms with Crippen molar-refractivity contribution in [2.24, 2.45) is 0 Å². The Bertz CT molecular complexity index is 551. The fraction of sp³-hybridized carbons (Fsp3) is 0.100. The molecule has 0 bridgehead atoms. The molecule has 0 saturated heterocycles. The Kier molecular flexibility index (Phi) is 2.51. The molecule has 0 spiro atoms. The Morgan fingerprint density at radius 2 is 2.06 bits per heavy atom. The molecule has 0 aliphatic carbocycles. The fourth-order valence-electron chi connectivity index (χ4n) is 1.47. The van der Waals surface area contributed by atoms with Crippen molar-refractivity contribution in [2.75, 3.05) is 5.73 Å². The van der Waals surface area contributed by atoms with Crippen molar-refractivity contribution in [1.29, 1.82) is 0 Å². The second-order valence-corrected chi connectivity index (χ2v) is 4.16. The average Bonchev–Trinajstić information content (AvgIpc) is 2.61. The highest BCUT2D eigenvalue weighted by Crippen LogP contribution is 2.42. The summed E-state index contributed by atoms with van der Waals surface area (Å²) < 4.78 is 5.12. The minimum Gasteiger partial charge on any atom is -0.504 e. The van der Waals surface area contributed by atoms with Gasteiger partial charge in [-0.1, -0.05) is 5.16 Å². The number of hydrogen-bond acceptors (Lipinski definition) is 5. The monoisotopic (exact) mass is 284 g/mol. The number of aromatic hydroxyl groups is 2. The molecule has 1 aromatic carbocycles. The highest BCUT2D eigenvalue weighted by Gasteiger charge is 2.17. The summed E-state index contributed by atoms with van der Waals surface area (Å²) in [6.45, 7) is 1.78. The van der Waals surface area contributed by atoms with Gasteiger partial charge in [-0.3, -0.25) is 0 Å². The molecule has 1 aromatic heterocycles. The van der Waals surface area contributed by atoms with Gasteiger partial charge in [0.25, 0.3) is 0 Å². The first kappa shape index (κ1) is 10.8. The number of aromatic nitrogens is 1. The largest absolute Gasteiger partial charge is 0.504 e. The summed E-state index contributed by atoms with van der Waals surface area (Å²) >= 11 is 3.20. The third-order valence-corrected chi connectivity index (χ3v) is 2.97. The van der Waals surface area contributed by atoms with Crippen molar-refractivity contribution >= 4 is 21.8 Å². The molecule has 0 atom stereocenters. The Balaban J connectivity index is 2.70. The Morgan fingerprint density at radius 3 is 2.62 bits per heavy atom. The number of phenols is 2. The van der Waals surface area contributed by atoms with Gasteiger partial charge in [0.15, 0.2) is 11.5 Å². The Hall–Kier alpha value is -1.69. The summed E-state index contributed by atoms with van der Waals surface area (Å²) in [5.41, 5.74) is 7.31. The van der Waals surface area contributed by atoms with Gasteiger partial charge in [0.1, 0.15) is 5.69 Å². The number of aryl methyl sites for hydroxylation is 1. The summed E-state index contributed by atoms with van der Waals surface area (Å²) in [6.07, 6.45) is 0. The van der Waals surface area contributed by atoms with E-state index in [2.05, 4.69) is 21.1 Å². The van der Waals surface area contributed by atoms with Gasteiger partial charge in [0.05, 0.1) is 4.47 Å². The predicted octanol–water partition coefficient (Wildman–Crippen LogP) is 2.41. The first-order valence-corrected chi connectivity index (χ1v) is 5.23. The number of halogens is 1. The number of nitrogen functional groups attached to an aromatic ring is 1. The zero-order chi connectivity index (χ0) is 11.9. The smallest absolute Gasteiger partial charge is 0.222 e. The maximum atomic E-state index is 9.59. The molecule has 2 aromatic rings. The van der Waals surface area contributed by atoms with Crippen LogP contribution in [0.1, 0.15) is 5.56 Å². The molecule has 2 rings (SSSR count). The normalized spacial score (nSPS) is 10.6. The van der Waals surface area contributed by atoms with Crippen molar-refractivity contribution in [1.82, 2.24) is 5.16 Å². The van der Waals surface area contributed by atoms with Crippen LogP contribution >= 0.6 is 15.9 Å². The van der Waals surface area contributed by atoms with Gasteiger partial charge in [-0.25, -0.2) is 0 Å². The SMILES string of the molecule is Cc1cc(O)c(O)c(Br)c1-c1cc(N)on1. The van der Waals surface area contributed by atoms with Gasteiger partial charge in [-0.05, 0) is 34.5 Å². The van der Waals surface area contributed by atoms with Crippen LogP contribution in [0.4, 0.5) is 5.88 Å². The lowest BCUT2D eigenvalue weighted by molar-refractivity contribution is 0.401. The van der Waals surface area contributed by atoms with Crippen LogP contribution in [0, 0.1) is 6.92 Å². The van der Waals surface area contributed by atoms with Crippen LogP contribution < -0.4 is 5.73 Å². The lowest BCUT2D eigenvalue weighted by atomic mass is 10.0.